The standard InChI is InChI=1S/C32H23F2N3O/c33-28-11-5-10-27(31(28)34)32-35-29-16-17-37(20-30(29)36-32)19-22-12-14-24(15-13-22)25-8-4-9-26(18-25)38-21-23-6-2-1-3-7-23/h1-18,20H,19,21H2/p+1. The Balaban J connectivity index is 1.16. The van der Waals surface area contributed by atoms with Gasteiger partial charge in [0.05, 0.1) is 5.56 Å². The van der Waals surface area contributed by atoms with Crippen molar-refractivity contribution in [3.05, 3.63) is 138 Å². The molecule has 6 aromatic rings. The summed E-state index contributed by atoms with van der Waals surface area (Å²) in [5.74, 6) is -0.675. The van der Waals surface area contributed by atoms with Crippen LogP contribution in [0.1, 0.15) is 11.1 Å². The molecule has 0 fully saturated rings. The lowest BCUT2D eigenvalue weighted by molar-refractivity contribution is -0.687. The summed E-state index contributed by atoms with van der Waals surface area (Å²) in [4.78, 5) is 7.54. The molecule has 4 aromatic carbocycles. The van der Waals surface area contributed by atoms with E-state index in [0.717, 1.165) is 39.6 Å². The van der Waals surface area contributed by atoms with E-state index in [9.17, 15) is 8.78 Å². The van der Waals surface area contributed by atoms with Gasteiger partial charge in [0, 0.05) is 11.6 Å². The summed E-state index contributed by atoms with van der Waals surface area (Å²) in [5.41, 5.74) is 5.99. The number of aromatic amines is 1. The van der Waals surface area contributed by atoms with E-state index >= 15 is 0 Å². The van der Waals surface area contributed by atoms with Crippen molar-refractivity contribution in [3.8, 4) is 28.3 Å². The maximum Gasteiger partial charge on any atom is 0.195 e. The van der Waals surface area contributed by atoms with Crippen molar-refractivity contribution in [3.63, 3.8) is 0 Å². The molecule has 186 valence electrons. The van der Waals surface area contributed by atoms with Gasteiger partial charge >= 0.3 is 0 Å². The van der Waals surface area contributed by atoms with E-state index in [1.807, 2.05) is 65.5 Å². The molecule has 2 heterocycles. The van der Waals surface area contributed by atoms with E-state index < -0.39 is 11.6 Å². The van der Waals surface area contributed by atoms with Gasteiger partial charge in [-0.15, -0.1) is 0 Å². The summed E-state index contributed by atoms with van der Waals surface area (Å²) in [7, 11) is 0. The van der Waals surface area contributed by atoms with Crippen LogP contribution < -0.4 is 9.30 Å². The fourth-order valence-corrected chi connectivity index (χ4v) is 4.43. The van der Waals surface area contributed by atoms with Gasteiger partial charge in [0.15, 0.2) is 30.6 Å². The predicted octanol–water partition coefficient (Wildman–Crippen LogP) is 7.09. The molecule has 0 saturated heterocycles. The molecule has 0 amide bonds. The topological polar surface area (TPSA) is 41.8 Å². The number of pyridine rings is 1. The first kappa shape index (κ1) is 23.6. The van der Waals surface area contributed by atoms with E-state index in [2.05, 4.69) is 46.4 Å². The van der Waals surface area contributed by atoms with Gasteiger partial charge in [0.1, 0.15) is 29.2 Å². The molecule has 1 N–H and O–H groups in total. The minimum Gasteiger partial charge on any atom is -0.489 e. The second-order valence-corrected chi connectivity index (χ2v) is 9.10. The lowest BCUT2D eigenvalue weighted by Gasteiger charge is -2.09. The van der Waals surface area contributed by atoms with Gasteiger partial charge in [0.25, 0.3) is 0 Å². The number of hydrogen-bond acceptors (Lipinski definition) is 2. The number of imidazole rings is 1. The molecule has 0 aliphatic heterocycles. The molecule has 6 rings (SSSR count). The van der Waals surface area contributed by atoms with Crippen molar-refractivity contribution in [1.82, 2.24) is 9.97 Å². The average Bonchev–Trinajstić information content (AvgIpc) is 3.38. The monoisotopic (exact) mass is 504 g/mol. The second-order valence-electron chi connectivity index (χ2n) is 9.10. The zero-order chi connectivity index (χ0) is 25.9. The molecular formula is C32H24F2N3O+. The number of ether oxygens (including phenoxy) is 1. The minimum atomic E-state index is -0.909. The first-order valence-corrected chi connectivity index (χ1v) is 12.3. The van der Waals surface area contributed by atoms with E-state index in [0.29, 0.717) is 24.5 Å². The predicted molar refractivity (Wildman–Crippen MR) is 143 cm³/mol. The summed E-state index contributed by atoms with van der Waals surface area (Å²) < 4.78 is 35.9. The quantitative estimate of drug-likeness (QED) is 0.236. The Hall–Kier alpha value is -4.84. The van der Waals surface area contributed by atoms with E-state index in [1.54, 1.807) is 0 Å². The third-order valence-electron chi connectivity index (χ3n) is 6.42. The lowest BCUT2D eigenvalue weighted by atomic mass is 10.0. The number of H-pyrrole nitrogens is 1. The highest BCUT2D eigenvalue weighted by atomic mass is 19.2. The number of nitrogens with zero attached hydrogens (tertiary/aromatic N) is 2. The third kappa shape index (κ3) is 5.02. The lowest BCUT2D eigenvalue weighted by Crippen LogP contribution is -2.33. The first-order valence-electron chi connectivity index (χ1n) is 12.3. The fraction of sp³-hybridized carbons (Fsp3) is 0.0625. The SMILES string of the molecule is Fc1cccc(-c2nc3cc[n+](Cc4ccc(-c5cccc(OCc6ccccc6)c5)cc4)cc3[nH]2)c1F. The minimum absolute atomic E-state index is 0.109. The highest BCUT2D eigenvalue weighted by Crippen LogP contribution is 2.26. The zero-order valence-electron chi connectivity index (χ0n) is 20.4. The zero-order valence-corrected chi connectivity index (χ0v) is 20.4. The van der Waals surface area contributed by atoms with Crippen molar-refractivity contribution in [2.75, 3.05) is 0 Å². The molecule has 0 atom stereocenters. The van der Waals surface area contributed by atoms with Gasteiger partial charge in [0.2, 0.25) is 0 Å². The Kier molecular flexibility index (Phi) is 6.36. The maximum absolute atomic E-state index is 14.2. The molecule has 0 aliphatic carbocycles. The van der Waals surface area contributed by atoms with Crippen molar-refractivity contribution in [2.45, 2.75) is 13.2 Å². The van der Waals surface area contributed by atoms with E-state index in [4.69, 9.17) is 4.74 Å². The number of fused-ring (bicyclic) bond motifs is 1. The Morgan fingerprint density at radius 1 is 0.763 bits per heavy atom. The van der Waals surface area contributed by atoms with Gasteiger partial charge in [-0.3, -0.25) is 0 Å². The molecule has 2 aromatic heterocycles. The third-order valence-corrected chi connectivity index (χ3v) is 6.42. The van der Waals surface area contributed by atoms with Crippen molar-refractivity contribution in [2.24, 2.45) is 0 Å². The van der Waals surface area contributed by atoms with Gasteiger partial charge in [-0.25, -0.2) is 13.8 Å². The summed E-state index contributed by atoms with van der Waals surface area (Å²) >= 11 is 0. The van der Waals surface area contributed by atoms with Crippen molar-refractivity contribution >= 4 is 11.0 Å². The molecule has 0 unspecified atom stereocenters. The van der Waals surface area contributed by atoms with Gasteiger partial charge < -0.3 is 9.72 Å². The van der Waals surface area contributed by atoms with Crippen LogP contribution in [0.5, 0.6) is 5.75 Å². The van der Waals surface area contributed by atoms with Crippen molar-refractivity contribution in [1.29, 1.82) is 0 Å². The van der Waals surface area contributed by atoms with Crippen LogP contribution in [0.2, 0.25) is 0 Å². The number of benzene rings is 4. The fourth-order valence-electron chi connectivity index (χ4n) is 4.43. The van der Waals surface area contributed by atoms with Gasteiger partial charge in [-0.2, -0.15) is 4.57 Å². The molecule has 0 bridgehead atoms. The maximum atomic E-state index is 14.2. The largest absolute Gasteiger partial charge is 0.489 e. The molecule has 6 heteroatoms. The second kappa shape index (κ2) is 10.3. The number of hydrogen-bond donors (Lipinski definition) is 1. The molecule has 4 nitrogen and oxygen atoms in total. The van der Waals surface area contributed by atoms with Crippen LogP contribution in [0.3, 0.4) is 0 Å². The van der Waals surface area contributed by atoms with Crippen LogP contribution in [0.25, 0.3) is 33.5 Å². The molecule has 0 spiro atoms. The number of aromatic nitrogens is 3. The number of nitrogens with one attached hydrogen (secondary N) is 1. The number of rotatable bonds is 7. The molecular weight excluding hydrogens is 480 g/mol. The smallest absolute Gasteiger partial charge is 0.195 e. The van der Waals surface area contributed by atoms with Crippen LogP contribution in [0.4, 0.5) is 8.78 Å². The van der Waals surface area contributed by atoms with Gasteiger partial charge in [-0.05, 0) is 41.0 Å². The Morgan fingerprint density at radius 3 is 2.42 bits per heavy atom. The van der Waals surface area contributed by atoms with E-state index in [-0.39, 0.29) is 5.56 Å². The van der Waals surface area contributed by atoms with Gasteiger partial charge in [-0.1, -0.05) is 72.8 Å². The highest BCUT2D eigenvalue weighted by Gasteiger charge is 2.15. The Morgan fingerprint density at radius 2 is 1.58 bits per heavy atom. The Bertz CT molecular complexity index is 1710. The normalized spacial score (nSPS) is 11.1. The molecule has 0 aliphatic rings. The van der Waals surface area contributed by atoms with Crippen LogP contribution in [-0.2, 0) is 13.2 Å². The van der Waals surface area contributed by atoms with Crippen LogP contribution in [-0.4, -0.2) is 9.97 Å². The van der Waals surface area contributed by atoms with E-state index in [1.165, 1.54) is 12.1 Å². The molecule has 0 radical (unpaired) electrons. The summed E-state index contributed by atoms with van der Waals surface area (Å²) in [6.45, 7) is 1.18. The van der Waals surface area contributed by atoms with Crippen LogP contribution in [0.15, 0.2) is 116 Å². The van der Waals surface area contributed by atoms with Crippen LogP contribution in [0, 0.1) is 11.6 Å². The highest BCUT2D eigenvalue weighted by molar-refractivity contribution is 5.77. The first-order chi connectivity index (χ1) is 18.6. The summed E-state index contributed by atoms with van der Waals surface area (Å²) in [6.07, 6.45) is 3.85. The van der Waals surface area contributed by atoms with Crippen LogP contribution >= 0.6 is 0 Å². The van der Waals surface area contributed by atoms with Crippen molar-refractivity contribution < 1.29 is 18.1 Å². The summed E-state index contributed by atoms with van der Waals surface area (Å²) in [5, 5.41) is 0. The Labute approximate surface area is 218 Å². The molecule has 0 saturated carbocycles. The molecule has 38 heavy (non-hydrogen) atoms. The average molecular weight is 505 g/mol. The summed E-state index contributed by atoms with van der Waals surface area (Å²) in [6, 6.07) is 32.6. The number of halogens is 2.